The van der Waals surface area contributed by atoms with Crippen LogP contribution < -0.4 is 4.74 Å². The van der Waals surface area contributed by atoms with Crippen LogP contribution in [0, 0.1) is 0 Å². The molecule has 0 N–H and O–H groups in total. The first-order valence-electron chi connectivity index (χ1n) is 5.04. The van der Waals surface area contributed by atoms with Gasteiger partial charge in [-0.3, -0.25) is 0 Å². The SMILES string of the molecule is COC(=O)c1sc2c(c1OC)CCCC2. The summed E-state index contributed by atoms with van der Waals surface area (Å²) in [7, 11) is 3.02. The molecule has 0 saturated carbocycles. The molecule has 4 heteroatoms. The molecule has 1 aliphatic carbocycles. The molecule has 0 bridgehead atoms. The maximum absolute atomic E-state index is 11.5. The summed E-state index contributed by atoms with van der Waals surface area (Å²) in [5, 5.41) is 0. The van der Waals surface area contributed by atoms with Gasteiger partial charge in [0.15, 0.2) is 4.88 Å². The summed E-state index contributed by atoms with van der Waals surface area (Å²) in [4.78, 5) is 13.4. The second-order valence-electron chi connectivity index (χ2n) is 3.56. The monoisotopic (exact) mass is 226 g/mol. The molecule has 3 nitrogen and oxygen atoms in total. The standard InChI is InChI=1S/C11H14O3S/c1-13-9-7-5-3-4-6-8(7)15-10(9)11(12)14-2/h3-6H2,1-2H3. The van der Waals surface area contributed by atoms with Crippen molar-refractivity contribution in [3.63, 3.8) is 0 Å². The van der Waals surface area contributed by atoms with E-state index in [1.807, 2.05) is 0 Å². The van der Waals surface area contributed by atoms with Crippen LogP contribution in [-0.4, -0.2) is 20.2 Å². The lowest BCUT2D eigenvalue weighted by Crippen LogP contribution is -2.02. The Labute approximate surface area is 93.0 Å². The molecule has 82 valence electrons. The molecule has 0 unspecified atom stereocenters. The minimum atomic E-state index is -0.286. The van der Waals surface area contributed by atoms with E-state index < -0.39 is 0 Å². The molecule has 0 saturated heterocycles. The molecule has 1 aromatic rings. The van der Waals surface area contributed by atoms with E-state index in [1.54, 1.807) is 7.11 Å². The Morgan fingerprint density at radius 1 is 1.27 bits per heavy atom. The van der Waals surface area contributed by atoms with Crippen molar-refractivity contribution in [2.75, 3.05) is 14.2 Å². The maximum atomic E-state index is 11.5. The lowest BCUT2D eigenvalue weighted by Gasteiger charge is -2.11. The fourth-order valence-electron chi connectivity index (χ4n) is 1.98. The number of carbonyl (C=O) groups is 1. The Morgan fingerprint density at radius 3 is 2.67 bits per heavy atom. The highest BCUT2D eigenvalue weighted by atomic mass is 32.1. The fraction of sp³-hybridized carbons (Fsp3) is 0.545. The van der Waals surface area contributed by atoms with E-state index in [-0.39, 0.29) is 5.97 Å². The highest BCUT2D eigenvalue weighted by Crippen LogP contribution is 2.40. The van der Waals surface area contributed by atoms with Gasteiger partial charge in [-0.2, -0.15) is 0 Å². The summed E-state index contributed by atoms with van der Waals surface area (Å²) >= 11 is 1.52. The van der Waals surface area contributed by atoms with Crippen molar-refractivity contribution >= 4 is 17.3 Å². The summed E-state index contributed by atoms with van der Waals surface area (Å²) in [6.45, 7) is 0. The van der Waals surface area contributed by atoms with Gasteiger partial charge in [0.25, 0.3) is 0 Å². The summed E-state index contributed by atoms with van der Waals surface area (Å²) < 4.78 is 10.1. The van der Waals surface area contributed by atoms with E-state index in [1.165, 1.54) is 41.7 Å². The van der Waals surface area contributed by atoms with Crippen LogP contribution in [0.5, 0.6) is 5.75 Å². The zero-order valence-corrected chi connectivity index (χ0v) is 9.78. The van der Waals surface area contributed by atoms with Gasteiger partial charge in [0.2, 0.25) is 0 Å². The molecule has 0 fully saturated rings. The third-order valence-corrected chi connectivity index (χ3v) is 3.95. The fourth-order valence-corrected chi connectivity index (χ4v) is 3.26. The summed E-state index contributed by atoms with van der Waals surface area (Å²) in [5.74, 6) is 0.452. The van der Waals surface area contributed by atoms with Crippen LogP contribution in [0.1, 0.15) is 33.0 Å². The molecule has 0 atom stereocenters. The first-order valence-corrected chi connectivity index (χ1v) is 5.86. The number of esters is 1. The predicted octanol–water partition coefficient (Wildman–Crippen LogP) is 2.42. The van der Waals surface area contributed by atoms with Crippen molar-refractivity contribution in [2.45, 2.75) is 25.7 Å². The van der Waals surface area contributed by atoms with Crippen LogP contribution in [0.4, 0.5) is 0 Å². The van der Waals surface area contributed by atoms with Gasteiger partial charge < -0.3 is 9.47 Å². The second-order valence-corrected chi connectivity index (χ2v) is 4.67. The zero-order valence-electron chi connectivity index (χ0n) is 8.96. The highest BCUT2D eigenvalue weighted by Gasteiger charge is 2.25. The molecule has 0 aromatic carbocycles. The van der Waals surface area contributed by atoms with Crippen LogP contribution in [0.25, 0.3) is 0 Å². The number of hydrogen-bond acceptors (Lipinski definition) is 4. The van der Waals surface area contributed by atoms with Crippen molar-refractivity contribution in [2.24, 2.45) is 0 Å². The molecule has 0 aliphatic heterocycles. The van der Waals surface area contributed by atoms with Gasteiger partial charge in [-0.05, 0) is 25.7 Å². The van der Waals surface area contributed by atoms with E-state index in [0.29, 0.717) is 4.88 Å². The second kappa shape index (κ2) is 4.23. The van der Waals surface area contributed by atoms with Crippen LogP contribution >= 0.6 is 11.3 Å². The van der Waals surface area contributed by atoms with Crippen molar-refractivity contribution in [1.29, 1.82) is 0 Å². The van der Waals surface area contributed by atoms with Gasteiger partial charge >= 0.3 is 5.97 Å². The van der Waals surface area contributed by atoms with E-state index in [2.05, 4.69) is 0 Å². The molecule has 1 aromatic heterocycles. The first-order chi connectivity index (χ1) is 7.27. The number of carbonyl (C=O) groups excluding carboxylic acids is 1. The number of ether oxygens (including phenoxy) is 2. The van der Waals surface area contributed by atoms with Crippen molar-refractivity contribution in [3.8, 4) is 5.75 Å². The van der Waals surface area contributed by atoms with Crippen LogP contribution in [-0.2, 0) is 17.6 Å². The quantitative estimate of drug-likeness (QED) is 0.726. The molecule has 2 rings (SSSR count). The maximum Gasteiger partial charge on any atom is 0.351 e. The Morgan fingerprint density at radius 2 is 2.00 bits per heavy atom. The van der Waals surface area contributed by atoms with Crippen molar-refractivity contribution < 1.29 is 14.3 Å². The van der Waals surface area contributed by atoms with Gasteiger partial charge in [-0.1, -0.05) is 0 Å². The number of thiophene rings is 1. The Hall–Kier alpha value is -1.03. The minimum Gasteiger partial charge on any atom is -0.495 e. The summed E-state index contributed by atoms with van der Waals surface area (Å²) in [6, 6.07) is 0. The molecule has 1 aliphatic rings. The Bertz CT molecular complexity index is 381. The summed E-state index contributed by atoms with van der Waals surface area (Å²) in [5.41, 5.74) is 1.22. The van der Waals surface area contributed by atoms with Gasteiger partial charge in [-0.15, -0.1) is 11.3 Å². The average molecular weight is 226 g/mol. The predicted molar refractivity (Wildman–Crippen MR) is 58.9 cm³/mol. The molecular formula is C11H14O3S. The topological polar surface area (TPSA) is 35.5 Å². The molecule has 0 spiro atoms. The van der Waals surface area contributed by atoms with E-state index in [0.717, 1.165) is 18.6 Å². The first kappa shape index (κ1) is 10.5. The lowest BCUT2D eigenvalue weighted by molar-refractivity contribution is 0.0603. The van der Waals surface area contributed by atoms with Crippen molar-refractivity contribution in [3.05, 3.63) is 15.3 Å². The molecule has 15 heavy (non-hydrogen) atoms. The number of methoxy groups -OCH3 is 2. The summed E-state index contributed by atoms with van der Waals surface area (Å²) in [6.07, 6.45) is 4.47. The molecule has 1 heterocycles. The molecule has 0 amide bonds. The Kier molecular flexibility index (Phi) is 2.95. The lowest BCUT2D eigenvalue weighted by atomic mass is 9.98. The van der Waals surface area contributed by atoms with Gasteiger partial charge in [-0.25, -0.2) is 4.79 Å². The zero-order chi connectivity index (χ0) is 10.8. The number of rotatable bonds is 2. The van der Waals surface area contributed by atoms with Crippen molar-refractivity contribution in [1.82, 2.24) is 0 Å². The van der Waals surface area contributed by atoms with E-state index in [9.17, 15) is 4.79 Å². The largest absolute Gasteiger partial charge is 0.495 e. The minimum absolute atomic E-state index is 0.286. The highest BCUT2D eigenvalue weighted by molar-refractivity contribution is 7.14. The van der Waals surface area contributed by atoms with Gasteiger partial charge in [0.1, 0.15) is 5.75 Å². The molecule has 0 radical (unpaired) electrons. The number of aryl methyl sites for hydroxylation is 1. The van der Waals surface area contributed by atoms with Crippen LogP contribution in [0.3, 0.4) is 0 Å². The molecular weight excluding hydrogens is 212 g/mol. The van der Waals surface area contributed by atoms with E-state index >= 15 is 0 Å². The smallest absolute Gasteiger partial charge is 0.351 e. The van der Waals surface area contributed by atoms with Gasteiger partial charge in [0, 0.05) is 10.4 Å². The third kappa shape index (κ3) is 1.74. The average Bonchev–Trinajstić information content (AvgIpc) is 2.66. The van der Waals surface area contributed by atoms with Gasteiger partial charge in [0.05, 0.1) is 14.2 Å². The van der Waals surface area contributed by atoms with Crippen LogP contribution in [0.15, 0.2) is 0 Å². The number of fused-ring (bicyclic) bond motifs is 1. The third-order valence-electron chi connectivity index (χ3n) is 2.70. The number of hydrogen-bond donors (Lipinski definition) is 0. The Balaban J connectivity index is 2.46. The van der Waals surface area contributed by atoms with Crippen LogP contribution in [0.2, 0.25) is 0 Å². The normalized spacial score (nSPS) is 14.5. The van der Waals surface area contributed by atoms with E-state index in [4.69, 9.17) is 9.47 Å².